The van der Waals surface area contributed by atoms with Gasteiger partial charge in [-0.15, -0.1) is 0 Å². The summed E-state index contributed by atoms with van der Waals surface area (Å²) < 4.78 is 0. The molecule has 0 unspecified atom stereocenters. The minimum absolute atomic E-state index is 0.686. The van der Waals surface area contributed by atoms with E-state index in [4.69, 9.17) is 15.0 Å². The summed E-state index contributed by atoms with van der Waals surface area (Å²) in [5.74, 6) is 0.686. The van der Waals surface area contributed by atoms with Crippen molar-refractivity contribution < 1.29 is 0 Å². The van der Waals surface area contributed by atoms with E-state index in [1.165, 1.54) is 16.5 Å². The van der Waals surface area contributed by atoms with Crippen LogP contribution in [0.3, 0.4) is 0 Å². The molecule has 40 heavy (non-hydrogen) atoms. The average molecular weight is 512 g/mol. The fraction of sp³-hybridized carbons (Fsp3) is 0. The van der Waals surface area contributed by atoms with Gasteiger partial charge in [-0.2, -0.15) is 0 Å². The quantitative estimate of drug-likeness (QED) is 0.231. The molecule has 3 nitrogen and oxygen atoms in total. The van der Waals surface area contributed by atoms with Crippen molar-refractivity contribution in [2.75, 3.05) is 0 Å². The van der Waals surface area contributed by atoms with Crippen LogP contribution in [0, 0.1) is 0 Å². The number of nitrogens with zero attached hydrogens (tertiary/aromatic N) is 3. The molecular weight excluding hydrogens is 486 g/mol. The van der Waals surface area contributed by atoms with Gasteiger partial charge in [0.05, 0.1) is 17.1 Å². The second-order valence-electron chi connectivity index (χ2n) is 9.73. The SMILES string of the molecule is c1ccc(-c2ccc(-c3cc(-c4ccccc4)nc(-c4cccc(-c5nccc6ccccc56)c4)n3)cc2)cc1. The highest BCUT2D eigenvalue weighted by atomic mass is 14.9. The highest BCUT2D eigenvalue weighted by molar-refractivity contribution is 5.95. The predicted octanol–water partition coefficient (Wildman–Crippen LogP) is 9.36. The Labute approximate surface area is 233 Å². The van der Waals surface area contributed by atoms with E-state index >= 15 is 0 Å². The van der Waals surface area contributed by atoms with Gasteiger partial charge in [0.1, 0.15) is 0 Å². The van der Waals surface area contributed by atoms with Crippen LogP contribution in [-0.4, -0.2) is 15.0 Å². The Kier molecular flexibility index (Phi) is 6.15. The Morgan fingerprint density at radius 1 is 0.375 bits per heavy atom. The summed E-state index contributed by atoms with van der Waals surface area (Å²) in [5.41, 5.74) is 9.20. The topological polar surface area (TPSA) is 38.7 Å². The third-order valence-electron chi connectivity index (χ3n) is 7.15. The lowest BCUT2D eigenvalue weighted by Gasteiger charge is -2.11. The Hall–Kier alpha value is -5.41. The summed E-state index contributed by atoms with van der Waals surface area (Å²) in [6.07, 6.45) is 1.87. The maximum Gasteiger partial charge on any atom is 0.160 e. The monoisotopic (exact) mass is 511 g/mol. The summed E-state index contributed by atoms with van der Waals surface area (Å²) in [6, 6.07) is 50.1. The molecule has 0 fully saturated rings. The third-order valence-corrected chi connectivity index (χ3v) is 7.15. The first kappa shape index (κ1) is 23.7. The van der Waals surface area contributed by atoms with Crippen molar-refractivity contribution in [1.29, 1.82) is 0 Å². The molecule has 0 amide bonds. The third kappa shape index (κ3) is 4.65. The number of rotatable bonds is 5. The molecule has 2 aromatic heterocycles. The fourth-order valence-electron chi connectivity index (χ4n) is 5.10. The Morgan fingerprint density at radius 2 is 0.925 bits per heavy atom. The summed E-state index contributed by atoms with van der Waals surface area (Å²) in [5, 5.41) is 2.29. The average Bonchev–Trinajstić information content (AvgIpc) is 3.05. The van der Waals surface area contributed by atoms with Crippen LogP contribution in [0.2, 0.25) is 0 Å². The molecule has 3 heteroatoms. The number of benzene rings is 5. The molecule has 0 atom stereocenters. The smallest absolute Gasteiger partial charge is 0.160 e. The molecule has 0 aliphatic rings. The van der Waals surface area contributed by atoms with E-state index in [2.05, 4.69) is 115 Å². The Morgan fingerprint density at radius 3 is 1.68 bits per heavy atom. The number of hydrogen-bond donors (Lipinski definition) is 0. The first-order valence-corrected chi connectivity index (χ1v) is 13.4. The maximum absolute atomic E-state index is 5.07. The predicted molar refractivity (Wildman–Crippen MR) is 165 cm³/mol. The van der Waals surface area contributed by atoms with Gasteiger partial charge in [-0.25, -0.2) is 9.97 Å². The van der Waals surface area contributed by atoms with E-state index in [0.717, 1.165) is 44.7 Å². The van der Waals surface area contributed by atoms with E-state index in [1.54, 1.807) is 0 Å². The summed E-state index contributed by atoms with van der Waals surface area (Å²) in [6.45, 7) is 0. The number of aromatic nitrogens is 3. The van der Waals surface area contributed by atoms with E-state index in [9.17, 15) is 0 Å². The standard InChI is InChI=1S/C37H25N3/c1-3-10-26(11-4-1)27-18-20-30(21-19-27)35-25-34(29-13-5-2-6-14-29)39-37(40-35)32-16-9-15-31(24-32)36-33-17-8-7-12-28(33)22-23-38-36/h1-25H. The van der Waals surface area contributed by atoms with Crippen molar-refractivity contribution in [3.05, 3.63) is 152 Å². The minimum Gasteiger partial charge on any atom is -0.256 e. The number of pyridine rings is 1. The lowest BCUT2D eigenvalue weighted by atomic mass is 10.0. The van der Waals surface area contributed by atoms with Gasteiger partial charge in [0.25, 0.3) is 0 Å². The van der Waals surface area contributed by atoms with Crippen molar-refractivity contribution in [3.8, 4) is 56.3 Å². The zero-order valence-electron chi connectivity index (χ0n) is 21.8. The summed E-state index contributed by atoms with van der Waals surface area (Å²) >= 11 is 0. The largest absolute Gasteiger partial charge is 0.256 e. The summed E-state index contributed by atoms with van der Waals surface area (Å²) in [4.78, 5) is 14.8. The van der Waals surface area contributed by atoms with Gasteiger partial charge in [-0.1, -0.05) is 127 Å². The van der Waals surface area contributed by atoms with Crippen LogP contribution >= 0.6 is 0 Å². The van der Waals surface area contributed by atoms with Gasteiger partial charge in [0.15, 0.2) is 5.82 Å². The summed E-state index contributed by atoms with van der Waals surface area (Å²) in [7, 11) is 0. The molecular formula is C37H25N3. The second kappa shape index (κ2) is 10.4. The van der Waals surface area contributed by atoms with E-state index < -0.39 is 0 Å². The van der Waals surface area contributed by atoms with Crippen LogP contribution in [0.4, 0.5) is 0 Å². The Balaban J connectivity index is 1.34. The van der Waals surface area contributed by atoms with Crippen LogP contribution in [0.5, 0.6) is 0 Å². The molecule has 0 saturated heterocycles. The van der Waals surface area contributed by atoms with Crippen molar-refractivity contribution in [1.82, 2.24) is 15.0 Å². The first-order chi connectivity index (χ1) is 19.8. The van der Waals surface area contributed by atoms with Gasteiger partial charge in [0.2, 0.25) is 0 Å². The zero-order valence-corrected chi connectivity index (χ0v) is 21.8. The molecule has 0 bridgehead atoms. The van der Waals surface area contributed by atoms with Crippen LogP contribution in [0.25, 0.3) is 67.1 Å². The van der Waals surface area contributed by atoms with Crippen molar-refractivity contribution in [3.63, 3.8) is 0 Å². The second-order valence-corrected chi connectivity index (χ2v) is 9.73. The molecule has 2 heterocycles. The molecule has 0 N–H and O–H groups in total. The van der Waals surface area contributed by atoms with E-state index in [-0.39, 0.29) is 0 Å². The normalized spacial score (nSPS) is 11.0. The van der Waals surface area contributed by atoms with Gasteiger partial charge in [-0.3, -0.25) is 4.98 Å². The van der Waals surface area contributed by atoms with Crippen LogP contribution in [0.1, 0.15) is 0 Å². The zero-order chi connectivity index (χ0) is 26.7. The lowest BCUT2D eigenvalue weighted by molar-refractivity contribution is 1.18. The van der Waals surface area contributed by atoms with Crippen molar-refractivity contribution in [2.45, 2.75) is 0 Å². The number of hydrogen-bond acceptors (Lipinski definition) is 3. The molecule has 0 aliphatic heterocycles. The first-order valence-electron chi connectivity index (χ1n) is 13.4. The molecule has 188 valence electrons. The highest BCUT2D eigenvalue weighted by Crippen LogP contribution is 2.32. The lowest BCUT2D eigenvalue weighted by Crippen LogP contribution is -1.96. The fourth-order valence-corrected chi connectivity index (χ4v) is 5.10. The van der Waals surface area contributed by atoms with Crippen molar-refractivity contribution >= 4 is 10.8 Å². The van der Waals surface area contributed by atoms with Gasteiger partial charge < -0.3 is 0 Å². The molecule has 5 aromatic carbocycles. The number of fused-ring (bicyclic) bond motifs is 1. The molecule has 0 saturated carbocycles. The van der Waals surface area contributed by atoms with Crippen molar-refractivity contribution in [2.24, 2.45) is 0 Å². The molecule has 0 aliphatic carbocycles. The van der Waals surface area contributed by atoms with Gasteiger partial charge in [-0.05, 0) is 34.7 Å². The molecule has 0 spiro atoms. The minimum atomic E-state index is 0.686. The Bertz CT molecular complexity index is 1920. The van der Waals surface area contributed by atoms with Crippen LogP contribution < -0.4 is 0 Å². The van der Waals surface area contributed by atoms with Gasteiger partial charge >= 0.3 is 0 Å². The van der Waals surface area contributed by atoms with Gasteiger partial charge in [0, 0.05) is 33.8 Å². The maximum atomic E-state index is 5.07. The molecule has 0 radical (unpaired) electrons. The van der Waals surface area contributed by atoms with Crippen LogP contribution in [0.15, 0.2) is 152 Å². The molecule has 7 aromatic rings. The molecule has 7 rings (SSSR count). The highest BCUT2D eigenvalue weighted by Gasteiger charge is 2.13. The van der Waals surface area contributed by atoms with E-state index in [0.29, 0.717) is 5.82 Å². The van der Waals surface area contributed by atoms with Crippen LogP contribution in [-0.2, 0) is 0 Å². The van der Waals surface area contributed by atoms with E-state index in [1.807, 2.05) is 36.5 Å².